The van der Waals surface area contributed by atoms with Crippen molar-refractivity contribution < 1.29 is 14.3 Å². The molecule has 2 fully saturated rings. The number of thiazole rings is 1. The number of carbonyl (C=O) groups is 2. The zero-order chi connectivity index (χ0) is 25.2. The van der Waals surface area contributed by atoms with Gasteiger partial charge >= 0.3 is 5.97 Å². The summed E-state index contributed by atoms with van der Waals surface area (Å²) in [5.74, 6) is 0.389. The molecule has 0 unspecified atom stereocenters. The molecule has 1 aliphatic heterocycles. The molecule has 3 N–H and O–H groups in total. The van der Waals surface area contributed by atoms with Crippen molar-refractivity contribution in [3.63, 3.8) is 0 Å². The van der Waals surface area contributed by atoms with E-state index in [1.807, 2.05) is 19.1 Å². The lowest BCUT2D eigenvalue weighted by molar-refractivity contribution is 0.0528. The van der Waals surface area contributed by atoms with Gasteiger partial charge in [0.1, 0.15) is 0 Å². The molecule has 11 heteroatoms. The topological polar surface area (TPSA) is 112 Å². The Morgan fingerprint density at radius 3 is 2.78 bits per heavy atom. The zero-order valence-corrected chi connectivity index (χ0v) is 22.0. The number of fused-ring (bicyclic) bond motifs is 1. The molecule has 3 aromatic rings. The van der Waals surface area contributed by atoms with Crippen molar-refractivity contribution in [1.82, 2.24) is 25.6 Å². The van der Waals surface area contributed by atoms with Crippen LogP contribution in [0.5, 0.6) is 0 Å². The molecule has 5 rings (SSSR count). The van der Waals surface area contributed by atoms with Gasteiger partial charge in [-0.1, -0.05) is 35.9 Å². The van der Waals surface area contributed by atoms with Crippen LogP contribution in [0.1, 0.15) is 59.8 Å². The first-order valence-electron chi connectivity index (χ1n) is 12.6. The fourth-order valence-corrected chi connectivity index (χ4v) is 5.92. The molecule has 1 saturated heterocycles. The minimum absolute atomic E-state index is 0.0501. The van der Waals surface area contributed by atoms with Crippen molar-refractivity contribution in [3.05, 3.63) is 40.4 Å². The third-order valence-electron chi connectivity index (χ3n) is 6.76. The molecule has 2 atom stereocenters. The summed E-state index contributed by atoms with van der Waals surface area (Å²) in [6.45, 7) is 6.47. The Balaban J connectivity index is 1.33. The smallest absolute Gasteiger partial charge is 0.339 e. The lowest BCUT2D eigenvalue weighted by Crippen LogP contribution is -2.60. The van der Waals surface area contributed by atoms with Gasteiger partial charge in [0.15, 0.2) is 16.1 Å². The van der Waals surface area contributed by atoms with E-state index in [9.17, 15) is 9.59 Å². The van der Waals surface area contributed by atoms with Crippen molar-refractivity contribution in [2.24, 2.45) is 5.92 Å². The van der Waals surface area contributed by atoms with Crippen LogP contribution in [0, 0.1) is 5.92 Å². The average molecular weight is 531 g/mol. The zero-order valence-electron chi connectivity index (χ0n) is 20.5. The molecule has 2 aliphatic rings. The Morgan fingerprint density at radius 2 is 2.06 bits per heavy atom. The van der Waals surface area contributed by atoms with Crippen LogP contribution < -0.4 is 15.5 Å². The van der Waals surface area contributed by atoms with Gasteiger partial charge < -0.3 is 25.3 Å². The molecule has 0 bridgehead atoms. The second kappa shape index (κ2) is 10.7. The van der Waals surface area contributed by atoms with Crippen LogP contribution in [-0.4, -0.2) is 65.2 Å². The number of hydrogen-bond acceptors (Lipinski definition) is 8. The minimum atomic E-state index is -0.326. The molecular formula is C25H31ClN6O3S. The highest BCUT2D eigenvalue weighted by Gasteiger charge is 2.34. The standard InChI is InChI=1S/C25H31ClN6O3S/c1-3-16-21(26)31-22(28-16)23(33)29-17-10-11-32(13-19(17)27-12-14-8-9-14)25-30-18-7-5-6-15(20(18)36-25)24(34)35-4-2/h5-7,14,17,19,27H,3-4,8-13H2,1-2H3,(H,28,31)(H,29,33)/t17-,19+/m0/s1. The lowest BCUT2D eigenvalue weighted by Gasteiger charge is -2.39. The highest BCUT2D eigenvalue weighted by atomic mass is 35.5. The predicted octanol–water partition coefficient (Wildman–Crippen LogP) is 3.79. The Kier molecular flexibility index (Phi) is 7.45. The molecule has 1 saturated carbocycles. The maximum absolute atomic E-state index is 13.0. The summed E-state index contributed by atoms with van der Waals surface area (Å²) in [4.78, 5) is 39.7. The van der Waals surface area contributed by atoms with E-state index in [0.717, 1.165) is 40.6 Å². The third kappa shape index (κ3) is 5.35. The summed E-state index contributed by atoms with van der Waals surface area (Å²) in [5.41, 5.74) is 2.10. The Morgan fingerprint density at radius 1 is 1.22 bits per heavy atom. The van der Waals surface area contributed by atoms with Gasteiger partial charge in [0.05, 0.1) is 28.1 Å². The quantitative estimate of drug-likeness (QED) is 0.361. The molecule has 1 amide bonds. The van der Waals surface area contributed by atoms with E-state index >= 15 is 0 Å². The number of amides is 1. The summed E-state index contributed by atoms with van der Waals surface area (Å²) < 4.78 is 6.07. The molecule has 1 aliphatic carbocycles. The number of aromatic nitrogens is 3. The molecule has 9 nitrogen and oxygen atoms in total. The van der Waals surface area contributed by atoms with E-state index in [4.69, 9.17) is 21.3 Å². The van der Waals surface area contributed by atoms with E-state index in [2.05, 4.69) is 25.5 Å². The molecular weight excluding hydrogens is 500 g/mol. The van der Waals surface area contributed by atoms with E-state index in [1.54, 1.807) is 13.0 Å². The summed E-state index contributed by atoms with van der Waals surface area (Å²) in [5, 5.41) is 8.08. The van der Waals surface area contributed by atoms with Crippen LogP contribution in [0.15, 0.2) is 18.2 Å². The predicted molar refractivity (Wildman–Crippen MR) is 141 cm³/mol. The van der Waals surface area contributed by atoms with Gasteiger partial charge in [-0.2, -0.15) is 0 Å². The van der Waals surface area contributed by atoms with Gasteiger partial charge in [-0.25, -0.2) is 14.8 Å². The number of halogens is 1. The molecule has 3 heterocycles. The number of nitrogens with zero attached hydrogens (tertiary/aromatic N) is 3. The van der Waals surface area contributed by atoms with Crippen LogP contribution in [0.4, 0.5) is 5.13 Å². The summed E-state index contributed by atoms with van der Waals surface area (Å²) in [7, 11) is 0. The number of hydrogen-bond donors (Lipinski definition) is 3. The van der Waals surface area contributed by atoms with Gasteiger partial charge in [0.2, 0.25) is 0 Å². The van der Waals surface area contributed by atoms with Gasteiger partial charge in [-0.15, -0.1) is 0 Å². The van der Waals surface area contributed by atoms with Crippen LogP contribution in [0.2, 0.25) is 5.15 Å². The van der Waals surface area contributed by atoms with Gasteiger partial charge in [-0.3, -0.25) is 4.79 Å². The number of rotatable bonds is 9. The van der Waals surface area contributed by atoms with Crippen LogP contribution in [0.3, 0.4) is 0 Å². The van der Waals surface area contributed by atoms with Crippen molar-refractivity contribution in [2.75, 3.05) is 31.1 Å². The molecule has 0 spiro atoms. The van der Waals surface area contributed by atoms with Crippen LogP contribution >= 0.6 is 22.9 Å². The number of aromatic amines is 1. The van der Waals surface area contributed by atoms with E-state index in [0.29, 0.717) is 36.2 Å². The van der Waals surface area contributed by atoms with E-state index < -0.39 is 0 Å². The number of carbonyl (C=O) groups excluding carboxylic acids is 2. The maximum Gasteiger partial charge on any atom is 0.339 e. The largest absolute Gasteiger partial charge is 0.462 e. The Hall–Kier alpha value is -2.69. The fourth-order valence-electron chi connectivity index (χ4n) is 4.55. The monoisotopic (exact) mass is 530 g/mol. The maximum atomic E-state index is 13.0. The van der Waals surface area contributed by atoms with Crippen LogP contribution in [-0.2, 0) is 11.2 Å². The van der Waals surface area contributed by atoms with Gasteiger partial charge in [-0.05, 0) is 57.2 Å². The van der Waals surface area contributed by atoms with Crippen LogP contribution in [0.25, 0.3) is 10.2 Å². The Labute approximate surface area is 219 Å². The number of nitrogens with one attached hydrogen (secondary N) is 3. The lowest BCUT2D eigenvalue weighted by atomic mass is 9.99. The SMILES string of the molecule is CCOC(=O)c1cccc2nc(N3CC[C@H](NC(=O)c4nc(Cl)c(CC)[nH]4)[C@H](NCC4CC4)C3)sc12. The van der Waals surface area contributed by atoms with Crippen molar-refractivity contribution in [2.45, 2.75) is 51.6 Å². The first kappa shape index (κ1) is 25.0. The van der Waals surface area contributed by atoms with Crippen molar-refractivity contribution >= 4 is 50.2 Å². The van der Waals surface area contributed by atoms with Crippen molar-refractivity contribution in [3.8, 4) is 0 Å². The first-order valence-corrected chi connectivity index (χ1v) is 13.8. The second-order valence-corrected chi connectivity index (χ2v) is 10.7. The minimum Gasteiger partial charge on any atom is -0.462 e. The number of ether oxygens (including phenoxy) is 1. The summed E-state index contributed by atoms with van der Waals surface area (Å²) in [6.07, 6.45) is 3.94. The molecule has 192 valence electrons. The summed E-state index contributed by atoms with van der Waals surface area (Å²) in [6, 6.07) is 5.55. The second-order valence-electron chi connectivity index (χ2n) is 9.35. The van der Waals surface area contributed by atoms with Crippen molar-refractivity contribution in [1.29, 1.82) is 0 Å². The molecule has 2 aromatic heterocycles. The Bertz CT molecular complexity index is 1260. The molecule has 36 heavy (non-hydrogen) atoms. The van der Waals surface area contributed by atoms with E-state index in [1.165, 1.54) is 24.2 Å². The fraction of sp³-hybridized carbons (Fsp3) is 0.520. The highest BCUT2D eigenvalue weighted by Crippen LogP contribution is 2.34. The third-order valence-corrected chi connectivity index (χ3v) is 8.24. The number of benzene rings is 1. The summed E-state index contributed by atoms with van der Waals surface area (Å²) >= 11 is 7.66. The van der Waals surface area contributed by atoms with Gasteiger partial charge in [0, 0.05) is 25.2 Å². The number of anilines is 1. The average Bonchev–Trinajstić information content (AvgIpc) is 3.47. The van der Waals surface area contributed by atoms with Gasteiger partial charge in [0.25, 0.3) is 5.91 Å². The van der Waals surface area contributed by atoms with E-state index in [-0.39, 0.29) is 29.8 Å². The number of esters is 1. The molecule has 0 radical (unpaired) electrons. The molecule has 1 aromatic carbocycles. The number of H-pyrrole nitrogens is 1. The normalized spacial score (nSPS) is 20.0. The number of aryl methyl sites for hydroxylation is 1. The first-order chi connectivity index (χ1) is 17.5. The highest BCUT2D eigenvalue weighted by molar-refractivity contribution is 7.22. The number of imidazole rings is 1. The number of piperidine rings is 1.